The van der Waals surface area contributed by atoms with Crippen molar-refractivity contribution in [2.24, 2.45) is 0 Å². The topological polar surface area (TPSA) is 121 Å². The molecule has 1 heterocycles. The number of nitrogens with two attached hydrogens (primary N) is 1. The van der Waals surface area contributed by atoms with Gasteiger partial charge in [-0.05, 0) is 26.8 Å². The summed E-state index contributed by atoms with van der Waals surface area (Å²) in [7, 11) is 1.31. The van der Waals surface area contributed by atoms with Gasteiger partial charge in [0.25, 0.3) is 6.47 Å². The lowest BCUT2D eigenvalue weighted by atomic mass is 10.0. The zero-order chi connectivity index (χ0) is 20.4. The van der Waals surface area contributed by atoms with E-state index in [9.17, 15) is 10.4 Å². The molecule has 148 valence electrons. The number of hydrogen-bond donors (Lipinski definition) is 3. The van der Waals surface area contributed by atoms with Gasteiger partial charge in [0, 0.05) is 24.4 Å². The maximum atomic E-state index is 10.3. The van der Waals surface area contributed by atoms with Crippen LogP contribution in [0.5, 0.6) is 0 Å². The molecule has 1 aromatic rings. The second kappa shape index (κ2) is 10.4. The Morgan fingerprint density at radius 1 is 1.44 bits per heavy atom. The van der Waals surface area contributed by atoms with E-state index in [0.717, 1.165) is 5.56 Å². The molecule has 0 radical (unpaired) electrons. The summed E-state index contributed by atoms with van der Waals surface area (Å²) in [6.07, 6.45) is -0.217. The molecule has 0 fully saturated rings. The van der Waals surface area contributed by atoms with Crippen molar-refractivity contribution in [3.05, 3.63) is 35.5 Å². The third-order valence-electron chi connectivity index (χ3n) is 3.67. The third kappa shape index (κ3) is 6.47. The number of aliphatic hydroxyl groups is 1. The normalized spacial score (nSPS) is 16.1. The van der Waals surface area contributed by atoms with Gasteiger partial charge in [-0.3, -0.25) is 4.79 Å². The highest BCUT2D eigenvalue weighted by molar-refractivity contribution is 5.79. The number of hydrogen-bond acceptors (Lipinski definition) is 8. The number of β-amino-alcohol motifs (C(OH)–C–C–N with tert-alkyl or cyclic N) is 1. The first kappa shape index (κ1) is 22.3. The summed E-state index contributed by atoms with van der Waals surface area (Å²) in [6.45, 7) is 7.12. The van der Waals surface area contributed by atoms with Gasteiger partial charge in [-0.25, -0.2) is 0 Å². The number of allylic oxidation sites excluding steroid dienone is 1. The molecule has 0 bridgehead atoms. The molecule has 0 saturated carbocycles. The van der Waals surface area contributed by atoms with Gasteiger partial charge in [-0.15, -0.1) is 0 Å². The van der Waals surface area contributed by atoms with Crippen molar-refractivity contribution in [2.75, 3.05) is 32.6 Å². The molecule has 0 amide bonds. The lowest BCUT2D eigenvalue weighted by Crippen LogP contribution is -2.47. The molecule has 1 aromatic carbocycles. The summed E-state index contributed by atoms with van der Waals surface area (Å²) in [5, 5.41) is 23.0. The summed E-state index contributed by atoms with van der Waals surface area (Å²) in [6, 6.07) is 9.61. The predicted molar refractivity (Wildman–Crippen MR) is 103 cm³/mol. The highest BCUT2D eigenvalue weighted by Crippen LogP contribution is 2.33. The number of para-hydroxylation sites is 1. The number of rotatable bonds is 7. The number of nitrogens with one attached hydrogen (secondary N) is 1. The number of anilines is 1. The largest absolute Gasteiger partial charge is 0.471 e. The minimum atomic E-state index is -0.925. The zero-order valence-electron chi connectivity index (χ0n) is 16.2. The Morgan fingerprint density at radius 3 is 2.56 bits per heavy atom. The van der Waals surface area contributed by atoms with E-state index >= 15 is 0 Å². The second-order valence-electron chi connectivity index (χ2n) is 6.51. The molecule has 0 aliphatic carbocycles. The van der Waals surface area contributed by atoms with Crippen LogP contribution in [0.2, 0.25) is 0 Å². The molecule has 1 aliphatic rings. The van der Waals surface area contributed by atoms with Crippen LogP contribution < -0.4 is 11.1 Å². The van der Waals surface area contributed by atoms with Crippen LogP contribution in [0.1, 0.15) is 26.3 Å². The van der Waals surface area contributed by atoms with Crippen LogP contribution in [0.25, 0.3) is 5.70 Å². The molecule has 1 aliphatic heterocycles. The highest BCUT2D eigenvalue weighted by Gasteiger charge is 2.35. The van der Waals surface area contributed by atoms with Gasteiger partial charge >= 0.3 is 0 Å². The maximum absolute atomic E-state index is 10.3. The number of nitrogens with zero attached hydrogens (tertiary/aromatic N) is 2. The van der Waals surface area contributed by atoms with Gasteiger partial charge in [0.15, 0.2) is 0 Å². The van der Waals surface area contributed by atoms with Gasteiger partial charge in [0.2, 0.25) is 0 Å². The SMILES string of the molecule is CCOCC1NC(C#N)=C(c2ccccc2N)N1CC(C)(C)O.COC=O. The Morgan fingerprint density at radius 2 is 2.07 bits per heavy atom. The standard InChI is InChI=1S/C17H24N4O2.C2H4O2/c1-4-23-10-15-20-14(9-18)16(21(15)11-17(2,3)22)12-7-5-6-8-13(12)19;1-4-2-3/h5-8,15,20,22H,4,10-11,19H2,1-3H3;2H,1H3. The zero-order valence-corrected chi connectivity index (χ0v) is 16.2. The third-order valence-corrected chi connectivity index (χ3v) is 3.67. The summed E-state index contributed by atoms with van der Waals surface area (Å²) < 4.78 is 9.38. The summed E-state index contributed by atoms with van der Waals surface area (Å²) >= 11 is 0. The molecule has 0 spiro atoms. The Hall–Kier alpha value is -2.76. The number of benzene rings is 1. The lowest BCUT2D eigenvalue weighted by Gasteiger charge is -2.34. The van der Waals surface area contributed by atoms with Gasteiger partial charge in [-0.2, -0.15) is 5.26 Å². The van der Waals surface area contributed by atoms with Gasteiger partial charge in [-0.1, -0.05) is 18.2 Å². The average Bonchev–Trinajstić information content (AvgIpc) is 2.96. The van der Waals surface area contributed by atoms with E-state index in [1.54, 1.807) is 19.9 Å². The molecule has 0 aromatic heterocycles. The quantitative estimate of drug-likeness (QED) is 0.481. The predicted octanol–water partition coefficient (Wildman–Crippen LogP) is 1.29. The summed E-state index contributed by atoms with van der Waals surface area (Å²) in [5.74, 6) is 0. The Balaban J connectivity index is 0.000000828. The van der Waals surface area contributed by atoms with Gasteiger partial charge in [0.05, 0.1) is 25.0 Å². The second-order valence-corrected chi connectivity index (χ2v) is 6.51. The molecular weight excluding hydrogens is 348 g/mol. The van der Waals surface area contributed by atoms with Gasteiger partial charge in [0.1, 0.15) is 17.9 Å². The first-order valence-electron chi connectivity index (χ1n) is 8.58. The number of nitrogen functional groups attached to an aromatic ring is 1. The molecule has 1 unspecified atom stereocenters. The molecule has 8 heteroatoms. The van der Waals surface area contributed by atoms with E-state index in [-0.39, 0.29) is 6.17 Å². The van der Waals surface area contributed by atoms with E-state index in [4.69, 9.17) is 15.3 Å². The Labute approximate surface area is 160 Å². The number of carbonyl (C=O) groups is 1. The highest BCUT2D eigenvalue weighted by atomic mass is 16.5. The fourth-order valence-electron chi connectivity index (χ4n) is 2.67. The average molecular weight is 376 g/mol. The monoisotopic (exact) mass is 376 g/mol. The van der Waals surface area contributed by atoms with Crippen molar-refractivity contribution in [3.8, 4) is 6.07 Å². The van der Waals surface area contributed by atoms with Crippen LogP contribution in [0, 0.1) is 11.3 Å². The fraction of sp³-hybridized carbons (Fsp3) is 0.474. The number of methoxy groups -OCH3 is 1. The van der Waals surface area contributed by atoms with Crippen molar-refractivity contribution in [3.63, 3.8) is 0 Å². The fourth-order valence-corrected chi connectivity index (χ4v) is 2.67. The first-order valence-corrected chi connectivity index (χ1v) is 8.58. The summed E-state index contributed by atoms with van der Waals surface area (Å²) in [5.41, 5.74) is 7.69. The van der Waals surface area contributed by atoms with Crippen LogP contribution in [0.15, 0.2) is 30.0 Å². The molecular formula is C19H28N4O4. The van der Waals surface area contributed by atoms with Crippen LogP contribution >= 0.6 is 0 Å². The van der Waals surface area contributed by atoms with Crippen molar-refractivity contribution >= 4 is 17.9 Å². The van der Waals surface area contributed by atoms with E-state index < -0.39 is 5.60 Å². The first-order chi connectivity index (χ1) is 12.8. The van der Waals surface area contributed by atoms with Gasteiger partial charge < -0.3 is 30.5 Å². The van der Waals surface area contributed by atoms with E-state index in [2.05, 4.69) is 16.1 Å². The minimum absolute atomic E-state index is 0.217. The minimum Gasteiger partial charge on any atom is -0.471 e. The smallest absolute Gasteiger partial charge is 0.292 e. The molecule has 2 rings (SSSR count). The van der Waals surface area contributed by atoms with E-state index in [1.807, 2.05) is 30.0 Å². The Kier molecular flexibility index (Phi) is 8.59. The number of nitriles is 1. The summed E-state index contributed by atoms with van der Waals surface area (Å²) in [4.78, 5) is 10.9. The molecule has 27 heavy (non-hydrogen) atoms. The van der Waals surface area contributed by atoms with Crippen molar-refractivity contribution in [1.29, 1.82) is 5.26 Å². The van der Waals surface area contributed by atoms with Crippen molar-refractivity contribution < 1.29 is 19.4 Å². The Bertz CT molecular complexity index is 692. The van der Waals surface area contributed by atoms with Crippen molar-refractivity contribution in [1.82, 2.24) is 10.2 Å². The van der Waals surface area contributed by atoms with Crippen molar-refractivity contribution in [2.45, 2.75) is 32.5 Å². The van der Waals surface area contributed by atoms with Crippen LogP contribution in [0.3, 0.4) is 0 Å². The van der Waals surface area contributed by atoms with E-state index in [0.29, 0.717) is 43.3 Å². The molecule has 1 atom stereocenters. The maximum Gasteiger partial charge on any atom is 0.292 e. The van der Waals surface area contributed by atoms with E-state index in [1.165, 1.54) is 7.11 Å². The molecule has 8 nitrogen and oxygen atoms in total. The number of carbonyl (C=O) groups excluding carboxylic acids is 1. The molecule has 4 N–H and O–H groups in total. The van der Waals surface area contributed by atoms with Crippen LogP contribution in [-0.4, -0.2) is 55.1 Å². The lowest BCUT2D eigenvalue weighted by molar-refractivity contribution is -0.126. The van der Waals surface area contributed by atoms with Crippen LogP contribution in [-0.2, 0) is 14.3 Å². The number of ether oxygens (including phenoxy) is 2. The van der Waals surface area contributed by atoms with Crippen LogP contribution in [0.4, 0.5) is 5.69 Å². The molecule has 0 saturated heterocycles.